The first-order valence-corrected chi connectivity index (χ1v) is 10.1. The molecule has 1 aromatic heterocycles. The average molecular weight is 400 g/mol. The van der Waals surface area contributed by atoms with E-state index in [1.807, 2.05) is 54.6 Å². The predicted molar refractivity (Wildman–Crippen MR) is 109 cm³/mol. The zero-order valence-corrected chi connectivity index (χ0v) is 16.3. The zero-order chi connectivity index (χ0) is 18.8. The Morgan fingerprint density at radius 2 is 2.04 bits per heavy atom. The first-order chi connectivity index (χ1) is 13.1. The van der Waals surface area contributed by atoms with Crippen LogP contribution in [-0.2, 0) is 16.3 Å². The summed E-state index contributed by atoms with van der Waals surface area (Å²) in [5, 5.41) is 8.31. The lowest BCUT2D eigenvalue weighted by molar-refractivity contribution is -0.122. The standard InChI is InChI=1S/C20H18ClN3O2S/c1-13(26-16-8-3-2-4-9-16)20(25)22-19-17-11-27-12-18(17)23-24(19)15-7-5-6-14(21)10-15/h2-10,13H,11-12H2,1H3,(H,22,25)/t13-/m1/s1. The fourth-order valence-corrected chi connectivity index (χ4v) is 4.13. The molecule has 2 aromatic carbocycles. The maximum atomic E-state index is 12.8. The molecule has 3 aromatic rings. The van der Waals surface area contributed by atoms with Crippen LogP contribution in [0.4, 0.5) is 5.82 Å². The molecule has 0 saturated heterocycles. The van der Waals surface area contributed by atoms with E-state index in [4.69, 9.17) is 16.3 Å². The van der Waals surface area contributed by atoms with Gasteiger partial charge in [-0.3, -0.25) is 4.79 Å². The second kappa shape index (κ2) is 7.66. The molecule has 1 amide bonds. The van der Waals surface area contributed by atoms with Gasteiger partial charge in [0.1, 0.15) is 11.6 Å². The molecule has 0 bridgehead atoms. The van der Waals surface area contributed by atoms with E-state index in [1.54, 1.807) is 23.4 Å². The first-order valence-electron chi connectivity index (χ1n) is 8.59. The highest BCUT2D eigenvalue weighted by atomic mass is 35.5. The van der Waals surface area contributed by atoms with Gasteiger partial charge in [0.25, 0.3) is 5.91 Å². The molecule has 27 heavy (non-hydrogen) atoms. The van der Waals surface area contributed by atoms with Crippen LogP contribution in [0, 0.1) is 0 Å². The van der Waals surface area contributed by atoms with Crippen LogP contribution in [0.15, 0.2) is 54.6 Å². The molecule has 1 atom stereocenters. The molecule has 0 fully saturated rings. The van der Waals surface area contributed by atoms with Crippen LogP contribution in [0.25, 0.3) is 5.69 Å². The number of thioether (sulfide) groups is 1. The highest BCUT2D eigenvalue weighted by Crippen LogP contribution is 2.36. The van der Waals surface area contributed by atoms with Gasteiger partial charge in [-0.2, -0.15) is 16.9 Å². The number of nitrogens with one attached hydrogen (secondary N) is 1. The van der Waals surface area contributed by atoms with Crippen molar-refractivity contribution in [2.24, 2.45) is 0 Å². The van der Waals surface area contributed by atoms with Crippen molar-refractivity contribution in [1.29, 1.82) is 0 Å². The number of anilines is 1. The molecule has 0 radical (unpaired) electrons. The summed E-state index contributed by atoms with van der Waals surface area (Å²) >= 11 is 7.92. The number of ether oxygens (including phenoxy) is 1. The van der Waals surface area contributed by atoms with Gasteiger partial charge < -0.3 is 10.1 Å². The van der Waals surface area contributed by atoms with Gasteiger partial charge >= 0.3 is 0 Å². The largest absolute Gasteiger partial charge is 0.481 e. The zero-order valence-electron chi connectivity index (χ0n) is 14.7. The van der Waals surface area contributed by atoms with Gasteiger partial charge in [0, 0.05) is 22.1 Å². The van der Waals surface area contributed by atoms with E-state index in [-0.39, 0.29) is 5.91 Å². The van der Waals surface area contributed by atoms with Crippen LogP contribution < -0.4 is 10.1 Å². The Morgan fingerprint density at radius 3 is 2.81 bits per heavy atom. The van der Waals surface area contributed by atoms with Crippen LogP contribution >= 0.6 is 23.4 Å². The maximum Gasteiger partial charge on any atom is 0.266 e. The van der Waals surface area contributed by atoms with Crippen molar-refractivity contribution in [2.75, 3.05) is 5.32 Å². The Labute approximate surface area is 166 Å². The lowest BCUT2D eigenvalue weighted by atomic mass is 10.2. The van der Waals surface area contributed by atoms with Crippen molar-refractivity contribution in [2.45, 2.75) is 24.5 Å². The van der Waals surface area contributed by atoms with Gasteiger partial charge in [0.05, 0.1) is 11.4 Å². The molecule has 138 valence electrons. The molecule has 5 nitrogen and oxygen atoms in total. The van der Waals surface area contributed by atoms with Crippen LogP contribution in [0.2, 0.25) is 5.02 Å². The lowest BCUT2D eigenvalue weighted by Crippen LogP contribution is -2.31. The number of carbonyl (C=O) groups excluding carboxylic acids is 1. The van der Waals surface area contributed by atoms with E-state index in [0.717, 1.165) is 28.5 Å². The van der Waals surface area contributed by atoms with Crippen molar-refractivity contribution in [3.8, 4) is 11.4 Å². The summed E-state index contributed by atoms with van der Waals surface area (Å²) in [5.74, 6) is 2.78. The summed E-state index contributed by atoms with van der Waals surface area (Å²) in [6, 6.07) is 16.7. The quantitative estimate of drug-likeness (QED) is 0.676. The third-order valence-corrected chi connectivity index (χ3v) is 5.48. The summed E-state index contributed by atoms with van der Waals surface area (Å²) in [7, 11) is 0. The Morgan fingerprint density at radius 1 is 1.22 bits per heavy atom. The smallest absolute Gasteiger partial charge is 0.266 e. The number of nitrogens with zero attached hydrogens (tertiary/aromatic N) is 2. The van der Waals surface area contributed by atoms with Gasteiger partial charge in [0.15, 0.2) is 6.10 Å². The molecule has 2 heterocycles. The van der Waals surface area contributed by atoms with E-state index in [1.165, 1.54) is 0 Å². The van der Waals surface area contributed by atoms with Gasteiger partial charge in [0.2, 0.25) is 0 Å². The minimum absolute atomic E-state index is 0.221. The van der Waals surface area contributed by atoms with Crippen molar-refractivity contribution < 1.29 is 9.53 Å². The molecule has 1 aliphatic rings. The van der Waals surface area contributed by atoms with E-state index in [9.17, 15) is 4.79 Å². The van der Waals surface area contributed by atoms with E-state index in [0.29, 0.717) is 16.6 Å². The molecule has 1 N–H and O–H groups in total. The Balaban J connectivity index is 1.60. The number of benzene rings is 2. The first kappa shape index (κ1) is 17.9. The number of carbonyl (C=O) groups is 1. The molecule has 1 aliphatic heterocycles. The fraction of sp³-hybridized carbons (Fsp3) is 0.200. The normalized spacial score (nSPS) is 13.9. The van der Waals surface area contributed by atoms with Crippen LogP contribution in [-0.4, -0.2) is 21.8 Å². The third kappa shape index (κ3) is 3.82. The number of fused-ring (bicyclic) bond motifs is 1. The molecule has 0 aliphatic carbocycles. The van der Waals surface area contributed by atoms with Gasteiger partial charge in [-0.25, -0.2) is 4.68 Å². The molecular formula is C20H18ClN3O2S. The fourth-order valence-electron chi connectivity index (χ4n) is 2.91. The predicted octanol–water partition coefficient (Wildman–Crippen LogP) is 4.68. The number of hydrogen-bond donors (Lipinski definition) is 1. The molecule has 7 heteroatoms. The lowest BCUT2D eigenvalue weighted by Gasteiger charge is -2.16. The second-order valence-corrected chi connectivity index (χ2v) is 7.64. The monoisotopic (exact) mass is 399 g/mol. The van der Waals surface area contributed by atoms with E-state index in [2.05, 4.69) is 10.4 Å². The Kier molecular flexibility index (Phi) is 5.09. The Bertz CT molecular complexity index is 975. The number of rotatable bonds is 5. The van der Waals surface area contributed by atoms with Gasteiger partial charge in [-0.15, -0.1) is 0 Å². The Hall–Kier alpha value is -2.44. The summed E-state index contributed by atoms with van der Waals surface area (Å²) in [6.45, 7) is 1.73. The summed E-state index contributed by atoms with van der Waals surface area (Å²) in [4.78, 5) is 12.8. The summed E-state index contributed by atoms with van der Waals surface area (Å²) < 4.78 is 7.49. The summed E-state index contributed by atoms with van der Waals surface area (Å²) in [5.41, 5.74) is 2.86. The molecular weight excluding hydrogens is 382 g/mol. The molecule has 0 spiro atoms. The maximum absolute atomic E-state index is 12.8. The number of para-hydroxylation sites is 1. The van der Waals surface area contributed by atoms with Crippen molar-refractivity contribution in [3.05, 3.63) is 70.9 Å². The highest BCUT2D eigenvalue weighted by molar-refractivity contribution is 7.98. The van der Waals surface area contributed by atoms with Crippen LogP contribution in [0.1, 0.15) is 18.2 Å². The van der Waals surface area contributed by atoms with E-state index >= 15 is 0 Å². The van der Waals surface area contributed by atoms with Crippen molar-refractivity contribution in [3.63, 3.8) is 0 Å². The number of halogens is 1. The van der Waals surface area contributed by atoms with Crippen LogP contribution in [0.3, 0.4) is 0 Å². The minimum atomic E-state index is -0.639. The van der Waals surface area contributed by atoms with Gasteiger partial charge in [-0.05, 0) is 37.3 Å². The summed E-state index contributed by atoms with van der Waals surface area (Å²) in [6.07, 6.45) is -0.639. The molecule has 4 rings (SSSR count). The topological polar surface area (TPSA) is 56.1 Å². The SMILES string of the molecule is C[C@@H](Oc1ccccc1)C(=O)Nc1c2c(nn1-c1cccc(Cl)c1)CSC2. The minimum Gasteiger partial charge on any atom is -0.481 e. The van der Waals surface area contributed by atoms with Crippen molar-refractivity contribution >= 4 is 35.1 Å². The van der Waals surface area contributed by atoms with E-state index < -0.39 is 6.10 Å². The third-order valence-electron chi connectivity index (χ3n) is 4.27. The van der Waals surface area contributed by atoms with Crippen molar-refractivity contribution in [1.82, 2.24) is 9.78 Å². The van der Waals surface area contributed by atoms with Crippen LogP contribution in [0.5, 0.6) is 5.75 Å². The highest BCUT2D eigenvalue weighted by Gasteiger charge is 2.26. The second-order valence-electron chi connectivity index (χ2n) is 6.22. The number of amides is 1. The number of aromatic nitrogens is 2. The average Bonchev–Trinajstić information content (AvgIpc) is 3.25. The molecule has 0 saturated carbocycles. The molecule has 0 unspecified atom stereocenters. The van der Waals surface area contributed by atoms with Gasteiger partial charge in [-0.1, -0.05) is 35.9 Å². The number of hydrogen-bond acceptors (Lipinski definition) is 4.